The Balaban J connectivity index is 2.57. The molecule has 0 radical (unpaired) electrons. The van der Waals surface area contributed by atoms with Crippen LogP contribution in [0.15, 0.2) is 12.4 Å². The Kier molecular flexibility index (Phi) is 9.74. The monoisotopic (exact) mass is 322 g/mol. The Morgan fingerprint density at radius 3 is 2.00 bits per heavy atom. The zero-order valence-electron chi connectivity index (χ0n) is 16.4. The third kappa shape index (κ3) is 6.77. The lowest BCUT2D eigenvalue weighted by molar-refractivity contribution is 0.266. The van der Waals surface area contributed by atoms with Gasteiger partial charge in [-0.1, -0.05) is 85.6 Å². The summed E-state index contributed by atoms with van der Waals surface area (Å²) in [7, 11) is 0. The third-order valence-corrected chi connectivity index (χ3v) is 5.50. The fourth-order valence-electron chi connectivity index (χ4n) is 4.13. The lowest BCUT2D eigenvalue weighted by Crippen LogP contribution is -2.42. The highest BCUT2D eigenvalue weighted by Gasteiger charge is 2.38. The van der Waals surface area contributed by atoms with Gasteiger partial charge in [-0.25, -0.2) is 0 Å². The van der Waals surface area contributed by atoms with Crippen LogP contribution in [-0.4, -0.2) is 23.5 Å². The van der Waals surface area contributed by atoms with Crippen molar-refractivity contribution in [1.82, 2.24) is 10.2 Å². The van der Waals surface area contributed by atoms with Crippen molar-refractivity contribution in [2.24, 2.45) is 5.92 Å². The number of nitrogens with zero attached hydrogens (tertiary/aromatic N) is 1. The number of nitrogens with one attached hydrogen (secondary N) is 1. The molecular weight excluding hydrogens is 280 g/mol. The largest absolute Gasteiger partial charge is 0.365 e. The molecule has 0 aliphatic carbocycles. The fourth-order valence-corrected chi connectivity index (χ4v) is 4.13. The maximum Gasteiger partial charge on any atom is 0.0944 e. The molecule has 0 aromatic carbocycles. The SMILES string of the molecule is C=C1NC(CCCC)(CCCC)CN1CCC(CCC)CCC. The summed E-state index contributed by atoms with van der Waals surface area (Å²) >= 11 is 0. The van der Waals surface area contributed by atoms with E-state index < -0.39 is 0 Å². The van der Waals surface area contributed by atoms with Gasteiger partial charge in [0.1, 0.15) is 0 Å². The van der Waals surface area contributed by atoms with Gasteiger partial charge in [-0.3, -0.25) is 0 Å². The number of unbranched alkanes of at least 4 members (excludes halogenated alkanes) is 2. The smallest absolute Gasteiger partial charge is 0.0944 e. The fraction of sp³-hybridized carbons (Fsp3) is 0.905. The van der Waals surface area contributed by atoms with E-state index in [0.29, 0.717) is 5.54 Å². The Labute approximate surface area is 146 Å². The Morgan fingerprint density at radius 2 is 1.52 bits per heavy atom. The van der Waals surface area contributed by atoms with Crippen molar-refractivity contribution in [3.63, 3.8) is 0 Å². The van der Waals surface area contributed by atoms with Crippen molar-refractivity contribution in [1.29, 1.82) is 0 Å². The van der Waals surface area contributed by atoms with Crippen LogP contribution < -0.4 is 5.32 Å². The summed E-state index contributed by atoms with van der Waals surface area (Å²) in [4.78, 5) is 2.55. The van der Waals surface area contributed by atoms with E-state index in [0.717, 1.165) is 5.92 Å². The lowest BCUT2D eigenvalue weighted by Gasteiger charge is -2.29. The molecule has 0 unspecified atom stereocenters. The zero-order chi connectivity index (χ0) is 17.1. The van der Waals surface area contributed by atoms with Crippen molar-refractivity contribution in [2.75, 3.05) is 13.1 Å². The molecule has 0 aromatic heterocycles. The van der Waals surface area contributed by atoms with Crippen LogP contribution in [0.4, 0.5) is 0 Å². The van der Waals surface area contributed by atoms with Crippen molar-refractivity contribution in [3.05, 3.63) is 12.4 Å². The first-order valence-electron chi connectivity index (χ1n) is 10.3. The van der Waals surface area contributed by atoms with Gasteiger partial charge in [-0.05, 0) is 25.2 Å². The predicted molar refractivity (Wildman–Crippen MR) is 104 cm³/mol. The molecular formula is C21H42N2. The molecule has 1 aliphatic rings. The predicted octanol–water partition coefficient (Wildman–Crippen LogP) is 6.09. The van der Waals surface area contributed by atoms with Crippen molar-refractivity contribution in [3.8, 4) is 0 Å². The quantitative estimate of drug-likeness (QED) is 0.441. The van der Waals surface area contributed by atoms with E-state index in [2.05, 4.69) is 44.5 Å². The molecule has 0 atom stereocenters. The second kappa shape index (κ2) is 11.0. The average molecular weight is 323 g/mol. The molecule has 0 spiro atoms. The van der Waals surface area contributed by atoms with Crippen LogP contribution in [-0.2, 0) is 0 Å². The molecule has 1 aliphatic heterocycles. The molecule has 2 nitrogen and oxygen atoms in total. The maximum atomic E-state index is 4.33. The Hall–Kier alpha value is -0.660. The molecule has 0 amide bonds. The van der Waals surface area contributed by atoms with Crippen molar-refractivity contribution in [2.45, 2.75) is 104 Å². The summed E-state index contributed by atoms with van der Waals surface area (Å²) < 4.78 is 0. The number of hydrogen-bond donors (Lipinski definition) is 1. The first-order chi connectivity index (χ1) is 11.1. The van der Waals surface area contributed by atoms with Crippen molar-refractivity contribution < 1.29 is 0 Å². The zero-order valence-corrected chi connectivity index (χ0v) is 16.4. The topological polar surface area (TPSA) is 15.3 Å². The molecule has 1 rings (SSSR count). The summed E-state index contributed by atoms with van der Waals surface area (Å²) in [5, 5.41) is 3.81. The van der Waals surface area contributed by atoms with E-state index in [1.54, 1.807) is 0 Å². The van der Waals surface area contributed by atoms with Crippen LogP contribution in [0.1, 0.15) is 98.3 Å². The molecule has 23 heavy (non-hydrogen) atoms. The molecule has 2 heteroatoms. The molecule has 136 valence electrons. The molecule has 1 saturated heterocycles. The Morgan fingerprint density at radius 1 is 0.957 bits per heavy atom. The van der Waals surface area contributed by atoms with Gasteiger partial charge in [0.2, 0.25) is 0 Å². The highest BCUT2D eigenvalue weighted by atomic mass is 15.3. The van der Waals surface area contributed by atoms with E-state index in [9.17, 15) is 0 Å². The van der Waals surface area contributed by atoms with Gasteiger partial charge >= 0.3 is 0 Å². The van der Waals surface area contributed by atoms with Crippen LogP contribution in [0.3, 0.4) is 0 Å². The molecule has 0 aromatic rings. The minimum absolute atomic E-state index is 0.300. The van der Waals surface area contributed by atoms with Crippen LogP contribution in [0, 0.1) is 5.92 Å². The van der Waals surface area contributed by atoms with Gasteiger partial charge < -0.3 is 10.2 Å². The van der Waals surface area contributed by atoms with Gasteiger partial charge in [0.05, 0.1) is 11.4 Å². The minimum Gasteiger partial charge on any atom is -0.365 e. The van der Waals surface area contributed by atoms with E-state index >= 15 is 0 Å². The van der Waals surface area contributed by atoms with Gasteiger partial charge in [-0.2, -0.15) is 0 Å². The lowest BCUT2D eigenvalue weighted by atomic mass is 9.87. The van der Waals surface area contributed by atoms with Gasteiger partial charge in [0, 0.05) is 13.1 Å². The average Bonchev–Trinajstić information content (AvgIpc) is 2.86. The summed E-state index contributed by atoms with van der Waals surface area (Å²) in [5.41, 5.74) is 0.300. The van der Waals surface area contributed by atoms with E-state index in [-0.39, 0.29) is 0 Å². The van der Waals surface area contributed by atoms with Crippen LogP contribution in [0.25, 0.3) is 0 Å². The minimum atomic E-state index is 0.300. The third-order valence-electron chi connectivity index (χ3n) is 5.50. The Bertz CT molecular complexity index is 310. The van der Waals surface area contributed by atoms with Gasteiger partial charge in [-0.15, -0.1) is 0 Å². The normalized spacial score (nSPS) is 17.1. The summed E-state index contributed by atoms with van der Waals surface area (Å²) in [6.45, 7) is 15.9. The van der Waals surface area contributed by atoms with Crippen LogP contribution in [0.5, 0.6) is 0 Å². The first kappa shape index (κ1) is 20.4. The summed E-state index contributed by atoms with van der Waals surface area (Å²) in [6.07, 6.45) is 14.6. The first-order valence-corrected chi connectivity index (χ1v) is 10.3. The van der Waals surface area contributed by atoms with E-state index in [1.807, 2.05) is 0 Å². The van der Waals surface area contributed by atoms with Gasteiger partial charge in [0.15, 0.2) is 0 Å². The molecule has 1 N–H and O–H groups in total. The highest BCUT2D eigenvalue weighted by Crippen LogP contribution is 2.31. The summed E-state index contributed by atoms with van der Waals surface area (Å²) in [6, 6.07) is 0. The van der Waals surface area contributed by atoms with Crippen LogP contribution in [0.2, 0.25) is 0 Å². The maximum absolute atomic E-state index is 4.33. The second-order valence-corrected chi connectivity index (χ2v) is 7.71. The summed E-state index contributed by atoms with van der Waals surface area (Å²) in [5.74, 6) is 2.09. The highest BCUT2D eigenvalue weighted by molar-refractivity contribution is 5.10. The molecule has 0 saturated carbocycles. The standard InChI is InChI=1S/C21H42N2/c1-6-10-15-21(16-11-7-2)18-23(19(5)22-21)17-14-20(12-8-3)13-9-4/h20,22H,5-18H2,1-4H3. The van der Waals surface area contributed by atoms with Crippen LogP contribution >= 0.6 is 0 Å². The van der Waals surface area contributed by atoms with E-state index in [4.69, 9.17) is 0 Å². The van der Waals surface area contributed by atoms with Gasteiger partial charge in [0.25, 0.3) is 0 Å². The number of hydrogen-bond acceptors (Lipinski definition) is 2. The molecule has 0 bridgehead atoms. The van der Waals surface area contributed by atoms with E-state index in [1.165, 1.54) is 89.5 Å². The van der Waals surface area contributed by atoms with Crippen molar-refractivity contribution >= 4 is 0 Å². The molecule has 1 fully saturated rings. The number of rotatable bonds is 13. The molecule has 1 heterocycles. The second-order valence-electron chi connectivity index (χ2n) is 7.71.